The third-order valence-corrected chi connectivity index (χ3v) is 7.67. The predicted octanol–water partition coefficient (Wildman–Crippen LogP) is 3.51. The Labute approximate surface area is 165 Å². The van der Waals surface area contributed by atoms with Crippen LogP contribution < -0.4 is 0 Å². The van der Waals surface area contributed by atoms with Gasteiger partial charge in [-0.05, 0) is 48.9 Å². The van der Waals surface area contributed by atoms with Crippen LogP contribution >= 0.6 is 11.3 Å². The van der Waals surface area contributed by atoms with Crippen LogP contribution in [0.1, 0.15) is 36.6 Å². The van der Waals surface area contributed by atoms with Gasteiger partial charge >= 0.3 is 0 Å². The molecule has 0 spiro atoms. The molecule has 0 N–H and O–H groups in total. The van der Waals surface area contributed by atoms with Crippen LogP contribution in [0.4, 0.5) is 0 Å². The number of benzene rings is 1. The van der Waals surface area contributed by atoms with Gasteiger partial charge in [-0.2, -0.15) is 4.31 Å². The van der Waals surface area contributed by atoms with Gasteiger partial charge in [-0.3, -0.25) is 4.79 Å². The molecule has 0 aliphatic carbocycles. The molecule has 0 radical (unpaired) electrons. The van der Waals surface area contributed by atoms with E-state index in [0.29, 0.717) is 31.1 Å². The van der Waals surface area contributed by atoms with Gasteiger partial charge in [0.15, 0.2) is 0 Å². The van der Waals surface area contributed by atoms with Crippen LogP contribution in [-0.2, 0) is 27.8 Å². The molecule has 1 aliphatic rings. The topological polar surface area (TPSA) is 57.7 Å². The van der Waals surface area contributed by atoms with Crippen molar-refractivity contribution in [3.63, 3.8) is 0 Å². The number of nitrogens with zero attached hydrogens (tertiary/aromatic N) is 2. The van der Waals surface area contributed by atoms with Gasteiger partial charge in [0, 0.05) is 24.5 Å². The second-order valence-electron chi connectivity index (χ2n) is 6.77. The Hall–Kier alpha value is -1.70. The molecule has 1 aromatic heterocycles. The lowest BCUT2D eigenvalue weighted by molar-refractivity contribution is -0.130. The maximum atomic E-state index is 12.7. The van der Waals surface area contributed by atoms with Gasteiger partial charge in [0.05, 0.1) is 17.9 Å². The average molecular weight is 407 g/mol. The SMILES string of the molecule is CCN(Cc1cccs1)C(=O)Cc1ccc(S(=O)(=O)N2CCCCC2)cc1. The maximum absolute atomic E-state index is 12.7. The lowest BCUT2D eigenvalue weighted by atomic mass is 10.1. The summed E-state index contributed by atoms with van der Waals surface area (Å²) in [4.78, 5) is 15.9. The van der Waals surface area contributed by atoms with Crippen molar-refractivity contribution in [2.75, 3.05) is 19.6 Å². The Morgan fingerprint density at radius 1 is 1.11 bits per heavy atom. The second-order valence-corrected chi connectivity index (χ2v) is 9.74. The quantitative estimate of drug-likeness (QED) is 0.707. The molecule has 146 valence electrons. The molecule has 0 atom stereocenters. The Kier molecular flexibility index (Phi) is 6.68. The van der Waals surface area contributed by atoms with E-state index >= 15 is 0 Å². The van der Waals surface area contributed by atoms with E-state index in [1.54, 1.807) is 39.9 Å². The van der Waals surface area contributed by atoms with Crippen LogP contribution in [0.5, 0.6) is 0 Å². The molecular formula is C20H26N2O3S2. The fourth-order valence-electron chi connectivity index (χ4n) is 3.29. The predicted molar refractivity (Wildman–Crippen MR) is 108 cm³/mol. The fourth-order valence-corrected chi connectivity index (χ4v) is 5.52. The van der Waals surface area contributed by atoms with Crippen molar-refractivity contribution < 1.29 is 13.2 Å². The van der Waals surface area contributed by atoms with E-state index in [1.165, 1.54) is 0 Å². The zero-order valence-electron chi connectivity index (χ0n) is 15.6. The minimum absolute atomic E-state index is 0.0533. The molecule has 0 bridgehead atoms. The molecule has 1 fully saturated rings. The third kappa shape index (κ3) is 4.97. The molecule has 1 amide bonds. The molecule has 27 heavy (non-hydrogen) atoms. The second kappa shape index (κ2) is 8.99. The molecule has 2 heterocycles. The van der Waals surface area contributed by atoms with Crippen molar-refractivity contribution in [2.45, 2.75) is 44.0 Å². The summed E-state index contributed by atoms with van der Waals surface area (Å²) in [6.07, 6.45) is 3.21. The number of piperidine rings is 1. The summed E-state index contributed by atoms with van der Waals surface area (Å²) in [5.41, 5.74) is 0.835. The molecule has 5 nitrogen and oxygen atoms in total. The molecular weight excluding hydrogens is 380 g/mol. The lowest BCUT2D eigenvalue weighted by Crippen LogP contribution is -2.35. The number of likely N-dealkylation sites (N-methyl/N-ethyl adjacent to an activating group) is 1. The molecule has 0 saturated carbocycles. The molecule has 1 saturated heterocycles. The van der Waals surface area contributed by atoms with Crippen LogP contribution in [-0.4, -0.2) is 43.2 Å². The van der Waals surface area contributed by atoms with E-state index in [-0.39, 0.29) is 12.3 Å². The van der Waals surface area contributed by atoms with Crippen LogP contribution in [0.25, 0.3) is 0 Å². The minimum Gasteiger partial charge on any atom is -0.338 e. The highest BCUT2D eigenvalue weighted by atomic mass is 32.2. The molecule has 0 unspecified atom stereocenters. The van der Waals surface area contributed by atoms with Crippen LogP contribution in [0.3, 0.4) is 0 Å². The summed E-state index contributed by atoms with van der Waals surface area (Å²) >= 11 is 1.64. The summed E-state index contributed by atoms with van der Waals surface area (Å²) in [5, 5.41) is 2.01. The first-order valence-electron chi connectivity index (χ1n) is 9.40. The van der Waals surface area contributed by atoms with Crippen molar-refractivity contribution in [1.29, 1.82) is 0 Å². The van der Waals surface area contributed by atoms with Crippen molar-refractivity contribution >= 4 is 27.3 Å². The summed E-state index contributed by atoms with van der Waals surface area (Å²) in [7, 11) is -3.42. The highest BCUT2D eigenvalue weighted by molar-refractivity contribution is 7.89. The normalized spacial score (nSPS) is 15.6. The zero-order valence-corrected chi connectivity index (χ0v) is 17.3. The molecule has 2 aromatic rings. The van der Waals surface area contributed by atoms with Gasteiger partial charge in [-0.1, -0.05) is 24.6 Å². The van der Waals surface area contributed by atoms with Crippen LogP contribution in [0, 0.1) is 0 Å². The summed E-state index contributed by atoms with van der Waals surface area (Å²) in [5.74, 6) is 0.0533. The standard InChI is InChI=1S/C20H26N2O3S2/c1-2-21(16-18-7-6-14-26-18)20(23)15-17-8-10-19(11-9-17)27(24,25)22-12-4-3-5-13-22/h6-11,14H,2-5,12-13,15-16H2,1H3. The molecule has 7 heteroatoms. The van der Waals surface area contributed by atoms with E-state index in [0.717, 1.165) is 29.7 Å². The smallest absolute Gasteiger partial charge is 0.243 e. The summed E-state index contributed by atoms with van der Waals surface area (Å²) in [6.45, 7) is 4.43. The number of sulfonamides is 1. The summed E-state index contributed by atoms with van der Waals surface area (Å²) in [6, 6.07) is 10.8. The van der Waals surface area contributed by atoms with E-state index in [4.69, 9.17) is 0 Å². The average Bonchev–Trinajstić information content (AvgIpc) is 3.20. The van der Waals surface area contributed by atoms with Gasteiger partial charge in [0.2, 0.25) is 15.9 Å². The lowest BCUT2D eigenvalue weighted by Gasteiger charge is -2.26. The van der Waals surface area contributed by atoms with Gasteiger partial charge in [-0.25, -0.2) is 8.42 Å². The van der Waals surface area contributed by atoms with Gasteiger partial charge in [0.25, 0.3) is 0 Å². The first-order chi connectivity index (χ1) is 13.0. The first kappa shape index (κ1) is 20.0. The maximum Gasteiger partial charge on any atom is 0.243 e. The van der Waals surface area contributed by atoms with Crippen LogP contribution in [0.15, 0.2) is 46.7 Å². The number of hydrogen-bond acceptors (Lipinski definition) is 4. The van der Waals surface area contributed by atoms with Crippen molar-refractivity contribution in [2.24, 2.45) is 0 Å². The highest BCUT2D eigenvalue weighted by Crippen LogP contribution is 2.21. The molecule has 3 rings (SSSR count). The minimum atomic E-state index is -3.42. The monoisotopic (exact) mass is 406 g/mol. The fraction of sp³-hybridized carbons (Fsp3) is 0.450. The van der Waals surface area contributed by atoms with Crippen molar-refractivity contribution in [3.05, 3.63) is 52.2 Å². The number of amides is 1. The Morgan fingerprint density at radius 2 is 1.81 bits per heavy atom. The molecule has 1 aromatic carbocycles. The largest absolute Gasteiger partial charge is 0.338 e. The van der Waals surface area contributed by atoms with E-state index in [9.17, 15) is 13.2 Å². The number of carbonyl (C=O) groups is 1. The van der Waals surface area contributed by atoms with Gasteiger partial charge in [0.1, 0.15) is 0 Å². The Balaban J connectivity index is 1.65. The van der Waals surface area contributed by atoms with Gasteiger partial charge in [-0.15, -0.1) is 11.3 Å². The molecule has 1 aliphatic heterocycles. The first-order valence-corrected chi connectivity index (χ1v) is 11.7. The van der Waals surface area contributed by atoms with E-state index in [1.807, 2.05) is 29.3 Å². The number of thiophene rings is 1. The zero-order chi connectivity index (χ0) is 19.3. The Bertz CT molecular complexity index is 840. The number of hydrogen-bond donors (Lipinski definition) is 0. The summed E-state index contributed by atoms with van der Waals surface area (Å²) < 4.78 is 27.0. The number of rotatable bonds is 7. The third-order valence-electron chi connectivity index (χ3n) is 4.89. The van der Waals surface area contributed by atoms with E-state index < -0.39 is 10.0 Å². The van der Waals surface area contributed by atoms with Gasteiger partial charge < -0.3 is 4.90 Å². The Morgan fingerprint density at radius 3 is 2.41 bits per heavy atom. The van der Waals surface area contributed by atoms with E-state index in [2.05, 4.69) is 0 Å². The van der Waals surface area contributed by atoms with Crippen molar-refractivity contribution in [1.82, 2.24) is 9.21 Å². The number of carbonyl (C=O) groups excluding carboxylic acids is 1. The highest BCUT2D eigenvalue weighted by Gasteiger charge is 2.25. The van der Waals surface area contributed by atoms with Crippen LogP contribution in [0.2, 0.25) is 0 Å². The van der Waals surface area contributed by atoms with Crippen molar-refractivity contribution in [3.8, 4) is 0 Å².